The highest BCUT2D eigenvalue weighted by molar-refractivity contribution is 7.16. The summed E-state index contributed by atoms with van der Waals surface area (Å²) in [6, 6.07) is 8.82. The summed E-state index contributed by atoms with van der Waals surface area (Å²) >= 11 is 1.35. The van der Waals surface area contributed by atoms with E-state index in [2.05, 4.69) is 30.8 Å². The summed E-state index contributed by atoms with van der Waals surface area (Å²) in [5.41, 5.74) is 0.794. The molecule has 0 fully saturated rings. The Bertz CT molecular complexity index is 852. The van der Waals surface area contributed by atoms with Crippen LogP contribution in [0.2, 0.25) is 0 Å². The van der Waals surface area contributed by atoms with E-state index < -0.39 is 6.09 Å². The molecular weight excluding hydrogens is 328 g/mol. The summed E-state index contributed by atoms with van der Waals surface area (Å²) in [5, 5.41) is 14.6. The van der Waals surface area contributed by atoms with Gasteiger partial charge in [0.25, 0.3) is 5.88 Å². The number of carbonyl (C=O) groups is 1. The fraction of sp³-hybridized carbons (Fsp3) is 0.133. The van der Waals surface area contributed by atoms with Gasteiger partial charge in [-0.3, -0.25) is 5.32 Å². The van der Waals surface area contributed by atoms with Crippen molar-refractivity contribution in [3.8, 4) is 5.88 Å². The van der Waals surface area contributed by atoms with Crippen LogP contribution in [0.1, 0.15) is 10.7 Å². The molecule has 3 heterocycles. The lowest BCUT2D eigenvalue weighted by atomic mass is 10.4. The molecule has 3 aromatic heterocycles. The van der Waals surface area contributed by atoms with Crippen LogP contribution in [0, 0.1) is 13.8 Å². The number of aromatic nitrogens is 4. The number of nitrogens with zero attached hydrogens (tertiary/aromatic N) is 4. The molecule has 0 bridgehead atoms. The molecule has 8 nitrogen and oxygen atoms in total. The van der Waals surface area contributed by atoms with Gasteiger partial charge in [-0.25, -0.2) is 14.8 Å². The Kier molecular flexibility index (Phi) is 4.62. The molecule has 0 unspecified atom stereocenters. The van der Waals surface area contributed by atoms with Gasteiger partial charge >= 0.3 is 6.09 Å². The maximum absolute atomic E-state index is 12.0. The second kappa shape index (κ2) is 7.01. The number of amides is 1. The Morgan fingerprint density at radius 1 is 1.12 bits per heavy atom. The van der Waals surface area contributed by atoms with Crippen molar-refractivity contribution in [1.82, 2.24) is 20.2 Å². The second-order valence-corrected chi connectivity index (χ2v) is 5.98. The lowest BCUT2D eigenvalue weighted by molar-refractivity contribution is 0.213. The molecule has 1 amide bonds. The first-order valence-corrected chi connectivity index (χ1v) is 7.86. The maximum atomic E-state index is 12.0. The first kappa shape index (κ1) is 15.8. The van der Waals surface area contributed by atoms with Crippen molar-refractivity contribution in [1.29, 1.82) is 0 Å². The average molecular weight is 342 g/mol. The standard InChI is InChI=1S/C15H14N6O2S/c1-9-5-3-6-11(17-9)20-15(22)23-13-14(24-10(2)18-13)19-12-7-4-8-16-21-12/h3-8H,1-2H3,(H,19,21)(H,17,20,22). The number of carbonyl (C=O) groups excluding carboxylic acids is 1. The Morgan fingerprint density at radius 3 is 2.71 bits per heavy atom. The first-order valence-electron chi connectivity index (χ1n) is 7.05. The van der Waals surface area contributed by atoms with Crippen molar-refractivity contribution >= 4 is 34.1 Å². The molecule has 9 heteroatoms. The van der Waals surface area contributed by atoms with E-state index in [0.717, 1.165) is 10.7 Å². The molecule has 0 aliphatic rings. The summed E-state index contributed by atoms with van der Waals surface area (Å²) in [6.45, 7) is 3.66. The van der Waals surface area contributed by atoms with Crippen molar-refractivity contribution in [2.75, 3.05) is 10.6 Å². The molecule has 0 saturated carbocycles. The molecule has 0 aliphatic heterocycles. The highest BCUT2D eigenvalue weighted by Crippen LogP contribution is 2.33. The van der Waals surface area contributed by atoms with Crippen LogP contribution in [-0.4, -0.2) is 26.3 Å². The number of rotatable bonds is 4. The fourth-order valence-electron chi connectivity index (χ4n) is 1.87. The highest BCUT2D eigenvalue weighted by atomic mass is 32.1. The van der Waals surface area contributed by atoms with E-state index in [9.17, 15) is 4.79 Å². The van der Waals surface area contributed by atoms with Crippen molar-refractivity contribution < 1.29 is 9.53 Å². The molecule has 3 rings (SSSR count). The number of nitrogens with one attached hydrogen (secondary N) is 2. The van der Waals surface area contributed by atoms with E-state index in [1.807, 2.05) is 19.9 Å². The second-order valence-electron chi connectivity index (χ2n) is 4.78. The molecule has 0 aromatic carbocycles. The summed E-state index contributed by atoms with van der Waals surface area (Å²) in [4.78, 5) is 20.4. The van der Waals surface area contributed by atoms with Crippen LogP contribution in [0.25, 0.3) is 0 Å². The van der Waals surface area contributed by atoms with Crippen LogP contribution in [0.5, 0.6) is 5.88 Å². The number of pyridine rings is 1. The Labute approximate surface area is 142 Å². The van der Waals surface area contributed by atoms with Gasteiger partial charge in [0.05, 0.1) is 5.01 Å². The molecule has 0 radical (unpaired) electrons. The van der Waals surface area contributed by atoms with E-state index in [4.69, 9.17) is 4.74 Å². The fourth-order valence-corrected chi connectivity index (χ4v) is 2.63. The zero-order valence-corrected chi connectivity index (χ0v) is 13.8. The molecule has 2 N–H and O–H groups in total. The van der Waals surface area contributed by atoms with Gasteiger partial charge in [0.1, 0.15) is 5.82 Å². The van der Waals surface area contributed by atoms with Crippen LogP contribution in [-0.2, 0) is 0 Å². The number of anilines is 3. The van der Waals surface area contributed by atoms with Gasteiger partial charge in [-0.15, -0.1) is 5.10 Å². The molecule has 0 aliphatic carbocycles. The number of ether oxygens (including phenoxy) is 1. The van der Waals surface area contributed by atoms with Crippen molar-refractivity contribution in [2.24, 2.45) is 0 Å². The minimum Gasteiger partial charge on any atom is -0.388 e. The normalized spacial score (nSPS) is 10.2. The van der Waals surface area contributed by atoms with Gasteiger partial charge in [0.15, 0.2) is 10.8 Å². The van der Waals surface area contributed by atoms with E-state index in [-0.39, 0.29) is 5.88 Å². The lowest BCUT2D eigenvalue weighted by Crippen LogP contribution is -2.18. The quantitative estimate of drug-likeness (QED) is 0.750. The zero-order valence-electron chi connectivity index (χ0n) is 13.0. The summed E-state index contributed by atoms with van der Waals surface area (Å²) in [5.74, 6) is 1.12. The maximum Gasteiger partial charge on any atom is 0.419 e. The van der Waals surface area contributed by atoms with Crippen molar-refractivity contribution in [2.45, 2.75) is 13.8 Å². The molecule has 3 aromatic rings. The van der Waals surface area contributed by atoms with E-state index in [1.54, 1.807) is 30.5 Å². The lowest BCUT2D eigenvalue weighted by Gasteiger charge is -2.07. The van der Waals surface area contributed by atoms with Crippen LogP contribution >= 0.6 is 11.3 Å². The third-order valence-electron chi connectivity index (χ3n) is 2.82. The van der Waals surface area contributed by atoms with Gasteiger partial charge in [-0.2, -0.15) is 5.10 Å². The Morgan fingerprint density at radius 2 is 1.96 bits per heavy atom. The number of hydrogen-bond donors (Lipinski definition) is 2. The van der Waals surface area contributed by atoms with E-state index in [1.165, 1.54) is 11.3 Å². The predicted molar refractivity (Wildman–Crippen MR) is 90.8 cm³/mol. The molecule has 24 heavy (non-hydrogen) atoms. The smallest absolute Gasteiger partial charge is 0.388 e. The highest BCUT2D eigenvalue weighted by Gasteiger charge is 2.16. The van der Waals surface area contributed by atoms with E-state index in [0.29, 0.717) is 16.6 Å². The topological polar surface area (TPSA) is 102 Å². The SMILES string of the molecule is Cc1cccc(NC(=O)Oc2nc(C)sc2Nc2cccnn2)n1. The third-order valence-corrected chi connectivity index (χ3v) is 3.69. The largest absolute Gasteiger partial charge is 0.419 e. The average Bonchev–Trinajstić information content (AvgIpc) is 2.87. The zero-order chi connectivity index (χ0) is 16.9. The van der Waals surface area contributed by atoms with Crippen LogP contribution < -0.4 is 15.4 Å². The molecule has 122 valence electrons. The molecule has 0 spiro atoms. The van der Waals surface area contributed by atoms with Crippen LogP contribution in [0.3, 0.4) is 0 Å². The van der Waals surface area contributed by atoms with Gasteiger partial charge in [-0.05, 0) is 38.1 Å². The minimum absolute atomic E-state index is 0.174. The Hall–Kier alpha value is -3.07. The summed E-state index contributed by atoms with van der Waals surface area (Å²) < 4.78 is 5.28. The number of aryl methyl sites for hydroxylation is 2. The Balaban J connectivity index is 1.71. The van der Waals surface area contributed by atoms with Crippen LogP contribution in [0.15, 0.2) is 36.5 Å². The third kappa shape index (κ3) is 4.02. The monoisotopic (exact) mass is 342 g/mol. The predicted octanol–water partition coefficient (Wildman–Crippen LogP) is 3.30. The summed E-state index contributed by atoms with van der Waals surface area (Å²) in [7, 11) is 0. The molecule has 0 atom stereocenters. The van der Waals surface area contributed by atoms with Gasteiger partial charge in [0.2, 0.25) is 0 Å². The van der Waals surface area contributed by atoms with Crippen molar-refractivity contribution in [3.63, 3.8) is 0 Å². The van der Waals surface area contributed by atoms with Gasteiger partial charge in [0, 0.05) is 11.9 Å². The van der Waals surface area contributed by atoms with Gasteiger partial charge < -0.3 is 10.1 Å². The summed E-state index contributed by atoms with van der Waals surface area (Å²) in [6.07, 6.45) is 0.906. The molecular formula is C15H14N6O2S. The molecule has 0 saturated heterocycles. The minimum atomic E-state index is -0.666. The van der Waals surface area contributed by atoms with Crippen molar-refractivity contribution in [3.05, 3.63) is 47.2 Å². The van der Waals surface area contributed by atoms with Gasteiger partial charge in [-0.1, -0.05) is 17.4 Å². The first-order chi connectivity index (χ1) is 11.6. The van der Waals surface area contributed by atoms with Crippen LogP contribution in [0.4, 0.5) is 21.4 Å². The van der Waals surface area contributed by atoms with E-state index >= 15 is 0 Å². The number of thiazole rings is 1. The number of hydrogen-bond acceptors (Lipinski definition) is 8.